The first-order chi connectivity index (χ1) is 8.20. The number of nitrogens with zero attached hydrogens (tertiary/aromatic N) is 3. The Morgan fingerprint density at radius 1 is 1.59 bits per heavy atom. The monoisotopic (exact) mass is 254 g/mol. The number of oxime groups is 1. The molecule has 0 aliphatic carbocycles. The Kier molecular flexibility index (Phi) is 3.80. The molecule has 1 aliphatic heterocycles. The molecule has 1 fully saturated rings. The average Bonchev–Trinajstić information content (AvgIpc) is 2.75. The van der Waals surface area contributed by atoms with Gasteiger partial charge in [0.25, 0.3) is 0 Å². The lowest BCUT2D eigenvalue weighted by Gasteiger charge is -2.12. The van der Waals surface area contributed by atoms with Gasteiger partial charge in [0.2, 0.25) is 0 Å². The van der Waals surface area contributed by atoms with Crippen LogP contribution in [0.1, 0.15) is 19.0 Å². The molecule has 0 aromatic carbocycles. The second-order valence-electron chi connectivity index (χ2n) is 3.75. The number of hydrogen-bond donors (Lipinski definition) is 2. The van der Waals surface area contributed by atoms with Crippen molar-refractivity contribution in [3.63, 3.8) is 0 Å². The molecule has 2 rings (SSSR count). The Morgan fingerprint density at radius 3 is 2.94 bits per heavy atom. The first kappa shape index (κ1) is 12.1. The van der Waals surface area contributed by atoms with Gasteiger partial charge in [-0.2, -0.15) is 0 Å². The van der Waals surface area contributed by atoms with E-state index in [0.717, 1.165) is 18.1 Å². The van der Waals surface area contributed by atoms with Gasteiger partial charge in [-0.25, -0.2) is 9.97 Å². The Morgan fingerprint density at radius 2 is 2.41 bits per heavy atom. The highest BCUT2D eigenvalue weighted by atomic mass is 32.2. The summed E-state index contributed by atoms with van der Waals surface area (Å²) in [4.78, 5) is 8.30. The molecule has 0 radical (unpaired) electrons. The zero-order valence-corrected chi connectivity index (χ0v) is 10.2. The molecule has 1 aromatic rings. The highest BCUT2D eigenvalue weighted by molar-refractivity contribution is 7.99. The van der Waals surface area contributed by atoms with Crippen molar-refractivity contribution < 1.29 is 9.94 Å². The van der Waals surface area contributed by atoms with Crippen molar-refractivity contribution >= 4 is 17.6 Å². The van der Waals surface area contributed by atoms with Crippen molar-refractivity contribution in [1.29, 1.82) is 0 Å². The van der Waals surface area contributed by atoms with E-state index in [-0.39, 0.29) is 11.9 Å². The minimum Gasteiger partial charge on any atom is -0.409 e. The zero-order valence-electron chi connectivity index (χ0n) is 9.41. The van der Waals surface area contributed by atoms with Crippen molar-refractivity contribution in [2.24, 2.45) is 10.9 Å². The first-order valence-electron chi connectivity index (χ1n) is 5.29. The Bertz CT molecular complexity index is 409. The largest absolute Gasteiger partial charge is 0.409 e. The van der Waals surface area contributed by atoms with E-state index < -0.39 is 0 Å². The average molecular weight is 254 g/mol. The fourth-order valence-corrected chi connectivity index (χ4v) is 2.60. The lowest BCUT2D eigenvalue weighted by Crippen LogP contribution is -2.16. The summed E-state index contributed by atoms with van der Waals surface area (Å²) in [7, 11) is 0. The van der Waals surface area contributed by atoms with Gasteiger partial charge in [0.1, 0.15) is 10.7 Å². The molecule has 0 saturated carbocycles. The topological polar surface area (TPSA) is 93.6 Å². The van der Waals surface area contributed by atoms with Crippen LogP contribution in [0.2, 0.25) is 0 Å². The van der Waals surface area contributed by atoms with E-state index in [0.29, 0.717) is 10.9 Å². The molecule has 2 atom stereocenters. The van der Waals surface area contributed by atoms with Crippen LogP contribution in [-0.2, 0) is 4.74 Å². The third-order valence-corrected chi connectivity index (χ3v) is 3.95. The van der Waals surface area contributed by atoms with Gasteiger partial charge < -0.3 is 15.7 Å². The molecule has 92 valence electrons. The quantitative estimate of drug-likeness (QED) is 0.359. The summed E-state index contributed by atoms with van der Waals surface area (Å²) >= 11 is 1.65. The lowest BCUT2D eigenvalue weighted by atomic mass is 10.3. The summed E-state index contributed by atoms with van der Waals surface area (Å²) in [6, 6.07) is 0. The summed E-state index contributed by atoms with van der Waals surface area (Å²) in [6.07, 6.45) is 4.39. The minimum absolute atomic E-state index is 0.0355. The molecule has 0 amide bonds. The lowest BCUT2D eigenvalue weighted by molar-refractivity contribution is 0.127. The number of hydrogen-bond acceptors (Lipinski definition) is 6. The molecule has 1 saturated heterocycles. The summed E-state index contributed by atoms with van der Waals surface area (Å²) < 4.78 is 5.48. The summed E-state index contributed by atoms with van der Waals surface area (Å²) in [6.45, 7) is 2.86. The van der Waals surface area contributed by atoms with Gasteiger partial charge in [0, 0.05) is 11.9 Å². The first-order valence-corrected chi connectivity index (χ1v) is 6.17. The van der Waals surface area contributed by atoms with Crippen molar-refractivity contribution in [3.05, 3.63) is 18.1 Å². The number of nitrogens with two attached hydrogens (primary N) is 1. The van der Waals surface area contributed by atoms with Crippen LogP contribution in [0, 0.1) is 0 Å². The van der Waals surface area contributed by atoms with Crippen LogP contribution in [0.4, 0.5) is 0 Å². The van der Waals surface area contributed by atoms with Crippen LogP contribution in [0.25, 0.3) is 0 Å². The molecule has 1 aromatic heterocycles. The molecule has 1 aliphatic rings. The molecule has 7 heteroatoms. The van der Waals surface area contributed by atoms with E-state index in [9.17, 15) is 0 Å². The predicted octanol–water partition coefficient (Wildman–Crippen LogP) is 0.841. The normalized spacial score (nSPS) is 25.1. The molecule has 17 heavy (non-hydrogen) atoms. The van der Waals surface area contributed by atoms with Gasteiger partial charge in [0.05, 0.1) is 18.5 Å². The number of ether oxygens (including phenoxy) is 1. The Labute approximate surface area is 103 Å². The van der Waals surface area contributed by atoms with E-state index in [4.69, 9.17) is 15.7 Å². The van der Waals surface area contributed by atoms with Crippen LogP contribution in [0.3, 0.4) is 0 Å². The van der Waals surface area contributed by atoms with E-state index in [1.54, 1.807) is 18.0 Å². The van der Waals surface area contributed by atoms with Crippen LogP contribution in [-0.4, -0.2) is 39.0 Å². The van der Waals surface area contributed by atoms with Crippen molar-refractivity contribution in [2.75, 3.05) is 6.61 Å². The standard InChI is InChI=1S/C10H14N4O2S/c1-6-8(2-3-16-6)17-9-5-12-7(4-13-9)10(11)14-15/h4-6,8,15H,2-3H2,1H3,(H2,11,14). The minimum atomic E-state index is -0.0355. The highest BCUT2D eigenvalue weighted by Crippen LogP contribution is 2.30. The number of aromatic nitrogens is 2. The number of thioether (sulfide) groups is 1. The van der Waals surface area contributed by atoms with E-state index in [2.05, 4.69) is 22.0 Å². The molecule has 2 heterocycles. The molecule has 2 unspecified atom stereocenters. The third-order valence-electron chi connectivity index (χ3n) is 2.58. The van der Waals surface area contributed by atoms with E-state index in [1.165, 1.54) is 6.20 Å². The maximum absolute atomic E-state index is 8.50. The van der Waals surface area contributed by atoms with Gasteiger partial charge in [0.15, 0.2) is 5.84 Å². The van der Waals surface area contributed by atoms with Crippen LogP contribution >= 0.6 is 11.8 Å². The van der Waals surface area contributed by atoms with Gasteiger partial charge >= 0.3 is 0 Å². The predicted molar refractivity (Wildman–Crippen MR) is 64.2 cm³/mol. The SMILES string of the molecule is CC1OCCC1Sc1cnc(C(N)=NO)cn1. The molecule has 6 nitrogen and oxygen atoms in total. The van der Waals surface area contributed by atoms with Crippen molar-refractivity contribution in [1.82, 2.24) is 9.97 Å². The van der Waals surface area contributed by atoms with E-state index in [1.807, 2.05) is 0 Å². The highest BCUT2D eigenvalue weighted by Gasteiger charge is 2.25. The van der Waals surface area contributed by atoms with Crippen LogP contribution < -0.4 is 5.73 Å². The van der Waals surface area contributed by atoms with E-state index >= 15 is 0 Å². The van der Waals surface area contributed by atoms with Gasteiger partial charge in [-0.15, -0.1) is 0 Å². The Balaban J connectivity index is 2.03. The van der Waals surface area contributed by atoms with Gasteiger partial charge in [-0.1, -0.05) is 16.9 Å². The zero-order chi connectivity index (χ0) is 12.3. The smallest absolute Gasteiger partial charge is 0.190 e. The molecule has 3 N–H and O–H groups in total. The molecular formula is C10H14N4O2S. The maximum atomic E-state index is 8.50. The number of rotatable bonds is 3. The maximum Gasteiger partial charge on any atom is 0.190 e. The third kappa shape index (κ3) is 2.86. The van der Waals surface area contributed by atoms with Gasteiger partial charge in [-0.05, 0) is 13.3 Å². The molecule has 0 spiro atoms. The summed E-state index contributed by atoms with van der Waals surface area (Å²) in [5, 5.41) is 12.6. The summed E-state index contributed by atoms with van der Waals surface area (Å²) in [5.74, 6) is -0.0355. The van der Waals surface area contributed by atoms with Gasteiger partial charge in [-0.3, -0.25) is 0 Å². The summed E-state index contributed by atoms with van der Waals surface area (Å²) in [5.41, 5.74) is 5.77. The number of amidine groups is 1. The second-order valence-corrected chi connectivity index (χ2v) is 5.01. The Hall–Kier alpha value is -1.34. The van der Waals surface area contributed by atoms with Crippen molar-refractivity contribution in [2.45, 2.75) is 29.7 Å². The second kappa shape index (κ2) is 5.33. The van der Waals surface area contributed by atoms with Crippen LogP contribution in [0.5, 0.6) is 0 Å². The van der Waals surface area contributed by atoms with Crippen LogP contribution in [0.15, 0.2) is 22.6 Å². The van der Waals surface area contributed by atoms with Crippen molar-refractivity contribution in [3.8, 4) is 0 Å². The molecule has 0 bridgehead atoms. The fraction of sp³-hybridized carbons (Fsp3) is 0.500. The molecular weight excluding hydrogens is 240 g/mol. The fourth-order valence-electron chi connectivity index (χ4n) is 1.58.